The average molecular weight is 293 g/mol. The van der Waals surface area contributed by atoms with Crippen molar-refractivity contribution < 1.29 is 12.8 Å². The average Bonchev–Trinajstić information content (AvgIpc) is 2.81. The van der Waals surface area contributed by atoms with Gasteiger partial charge in [0.1, 0.15) is 11.3 Å². The summed E-state index contributed by atoms with van der Waals surface area (Å²) in [6.45, 7) is 0. The first-order chi connectivity index (χ1) is 9.04. The summed E-state index contributed by atoms with van der Waals surface area (Å²) in [5, 5.41) is 0.969. The quantitative estimate of drug-likeness (QED) is 0.670. The fraction of sp³-hybridized carbons (Fsp3) is 0. The van der Waals surface area contributed by atoms with Gasteiger partial charge in [-0.1, -0.05) is 30.3 Å². The number of furan rings is 1. The van der Waals surface area contributed by atoms with Gasteiger partial charge in [0, 0.05) is 21.6 Å². The van der Waals surface area contributed by atoms with Crippen LogP contribution < -0.4 is 0 Å². The largest absolute Gasteiger partial charge is 0.456 e. The lowest BCUT2D eigenvalue weighted by molar-refractivity contribution is 0.609. The maximum atomic E-state index is 11.3. The maximum absolute atomic E-state index is 11.3. The summed E-state index contributed by atoms with van der Waals surface area (Å²) in [5.74, 6) is 0.614. The minimum absolute atomic E-state index is 0.0622. The zero-order valence-electron chi connectivity index (χ0n) is 9.71. The Labute approximate surface area is 114 Å². The number of hydrogen-bond acceptors (Lipinski definition) is 3. The maximum Gasteiger partial charge on any atom is 0.261 e. The molecule has 0 amide bonds. The second-order valence-corrected chi connectivity index (χ2v) is 6.68. The molecule has 0 N–H and O–H groups in total. The van der Waals surface area contributed by atoms with Crippen molar-refractivity contribution >= 4 is 30.7 Å². The molecule has 0 spiro atoms. The molecule has 1 heterocycles. The van der Waals surface area contributed by atoms with E-state index in [4.69, 9.17) is 15.1 Å². The van der Waals surface area contributed by atoms with Crippen molar-refractivity contribution in [2.24, 2.45) is 0 Å². The monoisotopic (exact) mass is 292 g/mol. The van der Waals surface area contributed by atoms with Crippen molar-refractivity contribution in [2.75, 3.05) is 0 Å². The molecule has 1 aromatic heterocycles. The third-order valence-corrected chi connectivity index (χ3v) is 4.18. The highest BCUT2D eigenvalue weighted by Crippen LogP contribution is 2.29. The predicted molar refractivity (Wildman–Crippen MR) is 74.7 cm³/mol. The molecule has 0 fully saturated rings. The van der Waals surface area contributed by atoms with Crippen molar-refractivity contribution in [3.63, 3.8) is 0 Å². The molecule has 0 saturated carbocycles. The lowest BCUT2D eigenvalue weighted by atomic mass is 10.1. The summed E-state index contributed by atoms with van der Waals surface area (Å²) in [5.41, 5.74) is 1.44. The zero-order chi connectivity index (χ0) is 13.5. The van der Waals surface area contributed by atoms with Crippen LogP contribution >= 0.6 is 10.7 Å². The first kappa shape index (κ1) is 12.3. The van der Waals surface area contributed by atoms with Crippen LogP contribution in [0.15, 0.2) is 63.9 Å². The lowest BCUT2D eigenvalue weighted by Crippen LogP contribution is -1.90. The van der Waals surface area contributed by atoms with Crippen molar-refractivity contribution in [2.45, 2.75) is 4.90 Å². The van der Waals surface area contributed by atoms with Crippen LogP contribution in [-0.4, -0.2) is 8.42 Å². The van der Waals surface area contributed by atoms with Crippen molar-refractivity contribution in [1.29, 1.82) is 0 Å². The summed E-state index contributed by atoms with van der Waals surface area (Å²) >= 11 is 0. The Morgan fingerprint density at radius 3 is 2.47 bits per heavy atom. The summed E-state index contributed by atoms with van der Waals surface area (Å²) in [7, 11) is 1.61. The first-order valence-corrected chi connectivity index (χ1v) is 7.89. The second-order valence-electron chi connectivity index (χ2n) is 4.11. The number of halogens is 1. The van der Waals surface area contributed by atoms with Crippen LogP contribution in [0.5, 0.6) is 0 Å². The molecule has 2 aromatic carbocycles. The Hall–Kier alpha value is -1.78. The molecule has 0 bridgehead atoms. The van der Waals surface area contributed by atoms with E-state index in [0.717, 1.165) is 11.0 Å². The van der Waals surface area contributed by atoms with Gasteiger partial charge < -0.3 is 4.42 Å². The van der Waals surface area contributed by atoms with E-state index in [0.29, 0.717) is 11.3 Å². The van der Waals surface area contributed by atoms with Crippen LogP contribution in [0.4, 0.5) is 0 Å². The minimum Gasteiger partial charge on any atom is -0.456 e. The van der Waals surface area contributed by atoms with Gasteiger partial charge in [0.05, 0.1) is 4.90 Å². The third-order valence-electron chi connectivity index (χ3n) is 2.83. The molecule has 0 radical (unpaired) electrons. The normalized spacial score (nSPS) is 11.8. The van der Waals surface area contributed by atoms with Gasteiger partial charge in [0.15, 0.2) is 0 Å². The highest BCUT2D eigenvalue weighted by molar-refractivity contribution is 8.13. The van der Waals surface area contributed by atoms with E-state index in [1.165, 1.54) is 12.1 Å². The van der Waals surface area contributed by atoms with Crippen LogP contribution in [0.1, 0.15) is 0 Å². The van der Waals surface area contributed by atoms with Crippen LogP contribution in [0.25, 0.3) is 22.3 Å². The van der Waals surface area contributed by atoms with E-state index in [1.54, 1.807) is 12.1 Å². The van der Waals surface area contributed by atoms with E-state index in [1.807, 2.05) is 30.3 Å². The molecule has 19 heavy (non-hydrogen) atoms. The van der Waals surface area contributed by atoms with Gasteiger partial charge in [-0.2, -0.15) is 0 Å². The molecule has 3 aromatic rings. The second kappa shape index (κ2) is 4.40. The van der Waals surface area contributed by atoms with E-state index >= 15 is 0 Å². The molecule has 0 saturated heterocycles. The Morgan fingerprint density at radius 2 is 1.74 bits per heavy atom. The highest BCUT2D eigenvalue weighted by Gasteiger charge is 2.12. The number of para-hydroxylation sites is 1. The van der Waals surface area contributed by atoms with Crippen LogP contribution in [-0.2, 0) is 9.05 Å². The van der Waals surface area contributed by atoms with E-state index in [-0.39, 0.29) is 4.90 Å². The SMILES string of the molecule is O=S(=O)(Cl)c1cccc(-c2cc3ccccc3o2)c1. The molecule has 3 nitrogen and oxygen atoms in total. The highest BCUT2D eigenvalue weighted by atomic mass is 35.7. The smallest absolute Gasteiger partial charge is 0.261 e. The third kappa shape index (κ3) is 2.37. The summed E-state index contributed by atoms with van der Waals surface area (Å²) in [6, 6.07) is 15.8. The summed E-state index contributed by atoms with van der Waals surface area (Å²) in [4.78, 5) is 0.0622. The number of rotatable bonds is 2. The zero-order valence-corrected chi connectivity index (χ0v) is 11.3. The van der Waals surface area contributed by atoms with E-state index in [2.05, 4.69) is 0 Å². The molecule has 96 valence electrons. The predicted octanol–water partition coefficient (Wildman–Crippen LogP) is 4.03. The molecule has 5 heteroatoms. The lowest BCUT2D eigenvalue weighted by Gasteiger charge is -1.99. The van der Waals surface area contributed by atoms with Gasteiger partial charge in [0.25, 0.3) is 9.05 Å². The molecule has 0 unspecified atom stereocenters. The van der Waals surface area contributed by atoms with Crippen molar-refractivity contribution in [3.8, 4) is 11.3 Å². The number of benzene rings is 2. The molecule has 0 aliphatic heterocycles. The van der Waals surface area contributed by atoms with Crippen LogP contribution in [0.3, 0.4) is 0 Å². The van der Waals surface area contributed by atoms with Crippen LogP contribution in [0, 0.1) is 0 Å². The fourth-order valence-electron chi connectivity index (χ4n) is 1.93. The molecular weight excluding hydrogens is 284 g/mol. The molecule has 0 aliphatic carbocycles. The number of hydrogen-bond donors (Lipinski definition) is 0. The van der Waals surface area contributed by atoms with Gasteiger partial charge in [-0.25, -0.2) is 8.42 Å². The molecule has 0 aliphatic rings. The summed E-state index contributed by atoms with van der Waals surface area (Å²) in [6.07, 6.45) is 0. The van der Waals surface area contributed by atoms with Crippen molar-refractivity contribution in [3.05, 3.63) is 54.6 Å². The van der Waals surface area contributed by atoms with Crippen LogP contribution in [0.2, 0.25) is 0 Å². The Bertz CT molecular complexity index is 817. The van der Waals surface area contributed by atoms with Gasteiger partial charge in [-0.05, 0) is 24.3 Å². The molecular formula is C14H9ClO3S. The van der Waals surface area contributed by atoms with Gasteiger partial charge in [-0.3, -0.25) is 0 Å². The fourth-order valence-corrected chi connectivity index (χ4v) is 2.72. The molecule has 3 rings (SSSR count). The Balaban J connectivity index is 2.16. The first-order valence-electron chi connectivity index (χ1n) is 5.58. The number of fused-ring (bicyclic) bond motifs is 1. The van der Waals surface area contributed by atoms with E-state index in [9.17, 15) is 8.42 Å². The van der Waals surface area contributed by atoms with Gasteiger partial charge in [-0.15, -0.1) is 0 Å². The van der Waals surface area contributed by atoms with E-state index < -0.39 is 9.05 Å². The van der Waals surface area contributed by atoms with Gasteiger partial charge >= 0.3 is 0 Å². The topological polar surface area (TPSA) is 47.3 Å². The Morgan fingerprint density at radius 1 is 0.947 bits per heavy atom. The van der Waals surface area contributed by atoms with Crippen molar-refractivity contribution in [1.82, 2.24) is 0 Å². The molecule has 0 atom stereocenters. The Kier molecular flexibility index (Phi) is 2.84. The minimum atomic E-state index is -3.73. The standard InChI is InChI=1S/C14H9ClO3S/c15-19(16,17)12-6-3-5-10(8-12)14-9-11-4-1-2-7-13(11)18-14/h1-9H. The summed E-state index contributed by atoms with van der Waals surface area (Å²) < 4.78 is 28.3. The van der Waals surface area contributed by atoms with Gasteiger partial charge in [0.2, 0.25) is 0 Å².